The van der Waals surface area contributed by atoms with E-state index < -0.39 is 11.7 Å². The lowest BCUT2D eigenvalue weighted by molar-refractivity contribution is -0.112. The fraction of sp³-hybridized carbons (Fsp3) is 0.308. The standard InChI is InChI=1S/C13H13N3O2/c1-8(5-6-14)16(2)9-3-4-10-11(7-9)15-13(18)12(10)17/h3-4,7-8H,5H2,1-2H3,(H,15,17,18). The molecule has 18 heavy (non-hydrogen) atoms. The minimum absolute atomic E-state index is 0.0702. The maximum atomic E-state index is 11.4. The Kier molecular flexibility index (Phi) is 3.02. The third-order valence-corrected chi connectivity index (χ3v) is 3.16. The Hall–Kier alpha value is -2.35. The highest BCUT2D eigenvalue weighted by atomic mass is 16.2. The molecule has 0 aromatic heterocycles. The van der Waals surface area contributed by atoms with Crippen molar-refractivity contribution in [3.63, 3.8) is 0 Å². The highest BCUT2D eigenvalue weighted by Gasteiger charge is 2.28. The van der Waals surface area contributed by atoms with Crippen molar-refractivity contribution in [3.05, 3.63) is 23.8 Å². The van der Waals surface area contributed by atoms with Gasteiger partial charge in [-0.05, 0) is 25.1 Å². The second kappa shape index (κ2) is 4.49. The van der Waals surface area contributed by atoms with Gasteiger partial charge in [0.15, 0.2) is 0 Å². The van der Waals surface area contributed by atoms with Crippen LogP contribution in [0.4, 0.5) is 11.4 Å². The molecule has 1 N–H and O–H groups in total. The molecule has 92 valence electrons. The van der Waals surface area contributed by atoms with E-state index >= 15 is 0 Å². The third kappa shape index (κ3) is 1.93. The maximum absolute atomic E-state index is 11.4. The van der Waals surface area contributed by atoms with Gasteiger partial charge in [0.1, 0.15) is 0 Å². The zero-order valence-electron chi connectivity index (χ0n) is 10.2. The van der Waals surface area contributed by atoms with Crippen LogP contribution < -0.4 is 10.2 Å². The van der Waals surface area contributed by atoms with Gasteiger partial charge in [0.2, 0.25) is 0 Å². The predicted molar refractivity (Wildman–Crippen MR) is 67.5 cm³/mol. The molecule has 1 aromatic carbocycles. The number of hydrogen-bond donors (Lipinski definition) is 1. The summed E-state index contributed by atoms with van der Waals surface area (Å²) >= 11 is 0. The van der Waals surface area contributed by atoms with Crippen molar-refractivity contribution < 1.29 is 9.59 Å². The lowest BCUT2D eigenvalue weighted by Gasteiger charge is -2.25. The van der Waals surface area contributed by atoms with E-state index in [1.165, 1.54) is 0 Å². The number of anilines is 2. The molecular weight excluding hydrogens is 230 g/mol. The molecule has 0 spiro atoms. The Bertz CT molecular complexity index is 560. The number of carbonyl (C=O) groups excluding carboxylic acids is 2. The first kappa shape index (κ1) is 12.1. The summed E-state index contributed by atoms with van der Waals surface area (Å²) < 4.78 is 0. The van der Waals surface area contributed by atoms with Gasteiger partial charge in [0.05, 0.1) is 23.7 Å². The van der Waals surface area contributed by atoms with E-state index in [9.17, 15) is 9.59 Å². The molecule has 1 amide bonds. The Morgan fingerprint density at radius 3 is 2.83 bits per heavy atom. The normalized spacial score (nSPS) is 14.7. The number of carbonyl (C=O) groups is 2. The number of benzene rings is 1. The fourth-order valence-electron chi connectivity index (χ4n) is 1.88. The molecule has 5 nitrogen and oxygen atoms in total. The van der Waals surface area contributed by atoms with Gasteiger partial charge >= 0.3 is 0 Å². The number of nitriles is 1. The van der Waals surface area contributed by atoms with Gasteiger partial charge in [-0.2, -0.15) is 5.26 Å². The van der Waals surface area contributed by atoms with E-state index in [2.05, 4.69) is 11.4 Å². The number of Topliss-reactive ketones (excluding diaryl/α,β-unsaturated/α-hetero) is 1. The average molecular weight is 243 g/mol. The van der Waals surface area contributed by atoms with Gasteiger partial charge in [-0.1, -0.05) is 0 Å². The maximum Gasteiger partial charge on any atom is 0.296 e. The first-order valence-corrected chi connectivity index (χ1v) is 5.64. The third-order valence-electron chi connectivity index (χ3n) is 3.16. The second-order valence-electron chi connectivity index (χ2n) is 4.34. The molecular formula is C13H13N3O2. The van der Waals surface area contributed by atoms with Crippen LogP contribution in [0.1, 0.15) is 23.7 Å². The molecule has 1 aromatic rings. The average Bonchev–Trinajstić information content (AvgIpc) is 2.64. The molecule has 1 heterocycles. The molecule has 2 rings (SSSR count). The smallest absolute Gasteiger partial charge is 0.296 e. The van der Waals surface area contributed by atoms with Crippen LogP contribution in [0, 0.1) is 11.3 Å². The highest BCUT2D eigenvalue weighted by molar-refractivity contribution is 6.51. The van der Waals surface area contributed by atoms with E-state index in [1.54, 1.807) is 18.2 Å². The van der Waals surface area contributed by atoms with Crippen molar-refractivity contribution in [2.24, 2.45) is 0 Å². The zero-order chi connectivity index (χ0) is 13.3. The number of fused-ring (bicyclic) bond motifs is 1. The van der Waals surface area contributed by atoms with Crippen LogP contribution in [-0.4, -0.2) is 24.8 Å². The quantitative estimate of drug-likeness (QED) is 0.817. The summed E-state index contributed by atoms with van der Waals surface area (Å²) in [6.07, 6.45) is 0.416. The first-order valence-electron chi connectivity index (χ1n) is 5.64. The van der Waals surface area contributed by atoms with Crippen LogP contribution >= 0.6 is 0 Å². The number of rotatable bonds is 3. The minimum Gasteiger partial charge on any atom is -0.371 e. The molecule has 0 fully saturated rings. The molecule has 5 heteroatoms. The molecule has 0 saturated heterocycles. The summed E-state index contributed by atoms with van der Waals surface area (Å²) in [5, 5.41) is 11.2. The Morgan fingerprint density at radius 1 is 1.44 bits per heavy atom. The number of hydrogen-bond acceptors (Lipinski definition) is 4. The molecule has 1 aliphatic heterocycles. The summed E-state index contributed by atoms with van der Waals surface area (Å²) in [6.45, 7) is 1.94. The Morgan fingerprint density at radius 2 is 2.17 bits per heavy atom. The van der Waals surface area contributed by atoms with Crippen molar-refractivity contribution in [2.45, 2.75) is 19.4 Å². The second-order valence-corrected chi connectivity index (χ2v) is 4.34. The van der Waals surface area contributed by atoms with Gasteiger partial charge in [-0.3, -0.25) is 9.59 Å². The van der Waals surface area contributed by atoms with Gasteiger partial charge in [0, 0.05) is 18.8 Å². The van der Waals surface area contributed by atoms with Gasteiger partial charge in [0.25, 0.3) is 11.7 Å². The van der Waals surface area contributed by atoms with Crippen molar-refractivity contribution >= 4 is 23.1 Å². The number of amides is 1. The summed E-state index contributed by atoms with van der Waals surface area (Å²) in [7, 11) is 1.88. The van der Waals surface area contributed by atoms with Crippen LogP contribution in [0.3, 0.4) is 0 Å². The summed E-state index contributed by atoms with van der Waals surface area (Å²) in [6, 6.07) is 7.37. The highest BCUT2D eigenvalue weighted by Crippen LogP contribution is 2.28. The Labute approximate surface area is 105 Å². The number of nitrogens with one attached hydrogen (secondary N) is 1. The summed E-state index contributed by atoms with van der Waals surface area (Å²) in [4.78, 5) is 24.6. The van der Waals surface area contributed by atoms with Gasteiger partial charge in [-0.15, -0.1) is 0 Å². The van der Waals surface area contributed by atoms with E-state index in [1.807, 2.05) is 18.9 Å². The van der Waals surface area contributed by atoms with Crippen molar-refractivity contribution in [2.75, 3.05) is 17.3 Å². The predicted octanol–water partition coefficient (Wildman–Crippen LogP) is 1.56. The van der Waals surface area contributed by atoms with E-state index in [0.29, 0.717) is 17.7 Å². The van der Waals surface area contributed by atoms with Crippen molar-refractivity contribution in [1.82, 2.24) is 0 Å². The molecule has 1 unspecified atom stereocenters. The van der Waals surface area contributed by atoms with Crippen molar-refractivity contribution in [1.29, 1.82) is 5.26 Å². The first-order chi connectivity index (χ1) is 8.54. The number of nitrogens with zero attached hydrogens (tertiary/aromatic N) is 2. The largest absolute Gasteiger partial charge is 0.371 e. The van der Waals surface area contributed by atoms with Crippen LogP contribution in [0.5, 0.6) is 0 Å². The topological polar surface area (TPSA) is 73.2 Å². The van der Waals surface area contributed by atoms with Crippen LogP contribution in [0.25, 0.3) is 0 Å². The summed E-state index contributed by atoms with van der Waals surface area (Å²) in [5.41, 5.74) is 1.81. The monoisotopic (exact) mass is 243 g/mol. The fourth-order valence-corrected chi connectivity index (χ4v) is 1.88. The van der Waals surface area contributed by atoms with Crippen molar-refractivity contribution in [3.8, 4) is 6.07 Å². The summed E-state index contributed by atoms with van der Waals surface area (Å²) in [5.74, 6) is -1.08. The van der Waals surface area contributed by atoms with Crippen LogP contribution in [0.2, 0.25) is 0 Å². The molecule has 1 atom stereocenters. The van der Waals surface area contributed by atoms with Crippen LogP contribution in [0.15, 0.2) is 18.2 Å². The lowest BCUT2D eigenvalue weighted by Crippen LogP contribution is -2.28. The van der Waals surface area contributed by atoms with Gasteiger partial charge < -0.3 is 10.2 Å². The molecule has 0 saturated carbocycles. The molecule has 0 aliphatic carbocycles. The molecule has 1 aliphatic rings. The van der Waals surface area contributed by atoms with Gasteiger partial charge in [-0.25, -0.2) is 0 Å². The van der Waals surface area contributed by atoms with E-state index in [-0.39, 0.29) is 6.04 Å². The molecule has 0 radical (unpaired) electrons. The molecule has 0 bridgehead atoms. The van der Waals surface area contributed by atoms with E-state index in [0.717, 1.165) is 5.69 Å². The SMILES string of the molecule is CC(CC#N)N(C)c1ccc2c(c1)NC(=O)C2=O. The number of ketones is 1. The van der Waals surface area contributed by atoms with E-state index in [4.69, 9.17) is 5.26 Å². The lowest BCUT2D eigenvalue weighted by atomic mass is 10.1. The Balaban J connectivity index is 2.29. The zero-order valence-corrected chi connectivity index (χ0v) is 10.2. The minimum atomic E-state index is -0.588. The van der Waals surface area contributed by atoms with Crippen LogP contribution in [-0.2, 0) is 4.79 Å².